The van der Waals surface area contributed by atoms with E-state index in [-0.39, 0.29) is 17.9 Å². The summed E-state index contributed by atoms with van der Waals surface area (Å²) in [4.78, 5) is 34.1. The van der Waals surface area contributed by atoms with Crippen LogP contribution in [0, 0.1) is 11.8 Å². The molecule has 3 unspecified atom stereocenters. The van der Waals surface area contributed by atoms with E-state index >= 15 is 0 Å². The van der Waals surface area contributed by atoms with Gasteiger partial charge in [-0.3, -0.25) is 4.79 Å². The molecule has 1 aliphatic carbocycles. The van der Waals surface area contributed by atoms with Gasteiger partial charge in [-0.25, -0.2) is 9.78 Å². The van der Waals surface area contributed by atoms with E-state index in [9.17, 15) is 9.59 Å². The molecule has 3 aromatic rings. The molecule has 3 atom stereocenters. The number of ether oxygens (including phenoxy) is 2. The number of hydrogen-bond donors (Lipinski definition) is 1. The average molecular weight is 422 g/mol. The molecular formula is C21H22N6O4. The van der Waals surface area contributed by atoms with Gasteiger partial charge in [0, 0.05) is 30.6 Å². The maximum Gasteiger partial charge on any atom is 0.404 e. The second-order valence-electron chi connectivity index (χ2n) is 7.93. The molecule has 2 amide bonds. The molecule has 1 saturated heterocycles. The van der Waals surface area contributed by atoms with Gasteiger partial charge in [0.25, 0.3) is 5.91 Å². The van der Waals surface area contributed by atoms with Crippen LogP contribution in [-0.4, -0.2) is 55.7 Å². The number of rotatable bonds is 5. The highest BCUT2D eigenvalue weighted by atomic mass is 16.6. The van der Waals surface area contributed by atoms with Crippen molar-refractivity contribution in [3.05, 3.63) is 54.0 Å². The fraction of sp³-hybridized carbons (Fsp3) is 0.381. The minimum atomic E-state index is -0.747. The molecule has 10 heteroatoms. The number of nitrogens with two attached hydrogens (primary N) is 1. The van der Waals surface area contributed by atoms with Gasteiger partial charge < -0.3 is 20.1 Å². The number of aromatic nitrogens is 4. The van der Waals surface area contributed by atoms with Crippen molar-refractivity contribution in [2.45, 2.75) is 25.6 Å². The van der Waals surface area contributed by atoms with Crippen LogP contribution >= 0.6 is 0 Å². The van der Waals surface area contributed by atoms with Gasteiger partial charge in [0.1, 0.15) is 19.0 Å². The first-order valence-corrected chi connectivity index (χ1v) is 10.2. The summed E-state index contributed by atoms with van der Waals surface area (Å²) >= 11 is 0. The van der Waals surface area contributed by atoms with Crippen LogP contribution in [0.25, 0.3) is 5.65 Å². The highest BCUT2D eigenvalue weighted by Crippen LogP contribution is 2.40. The largest absolute Gasteiger partial charge is 0.458 e. The molecule has 5 rings (SSSR count). The number of fused-ring (bicyclic) bond motifs is 2. The van der Waals surface area contributed by atoms with Gasteiger partial charge in [0.15, 0.2) is 5.65 Å². The van der Waals surface area contributed by atoms with Crippen LogP contribution in [-0.2, 0) is 11.3 Å². The third kappa shape index (κ3) is 3.76. The van der Waals surface area contributed by atoms with E-state index in [0.717, 1.165) is 18.4 Å². The maximum absolute atomic E-state index is 12.9. The molecule has 3 heterocycles. The summed E-state index contributed by atoms with van der Waals surface area (Å²) in [5.74, 6) is 0.498. The standard InChI is InChI=1S/C21H22N6O4/c22-20(29)31-17-6-5-15-9-26(10-16(15)17)19(28)14-3-1-13(2-4-14)11-30-21-24-12-23-18-7-8-25-27(18)21/h1-4,7-8,12,15-17H,5-6,9-11H2,(H2,22,29). The predicted molar refractivity (Wildman–Crippen MR) is 108 cm³/mol. The number of amides is 2. The zero-order valence-corrected chi connectivity index (χ0v) is 16.8. The van der Waals surface area contributed by atoms with Crippen molar-refractivity contribution < 1.29 is 19.1 Å². The Bertz CT molecular complexity index is 1110. The molecule has 1 aliphatic heterocycles. The number of likely N-dealkylation sites (tertiary alicyclic amines) is 1. The Hall–Kier alpha value is -3.69. The fourth-order valence-electron chi connectivity index (χ4n) is 4.58. The van der Waals surface area contributed by atoms with Gasteiger partial charge in [-0.15, -0.1) is 0 Å². The highest BCUT2D eigenvalue weighted by molar-refractivity contribution is 5.94. The second-order valence-corrected chi connectivity index (χ2v) is 7.93. The lowest BCUT2D eigenvalue weighted by molar-refractivity contribution is 0.0695. The quantitative estimate of drug-likeness (QED) is 0.663. The van der Waals surface area contributed by atoms with Crippen LogP contribution in [0.3, 0.4) is 0 Å². The average Bonchev–Trinajstić information content (AvgIpc) is 3.49. The molecule has 160 valence electrons. The fourth-order valence-corrected chi connectivity index (χ4v) is 4.58. The zero-order chi connectivity index (χ0) is 21.4. The molecule has 0 radical (unpaired) electrons. The van der Waals surface area contributed by atoms with E-state index in [1.54, 1.807) is 24.4 Å². The molecule has 0 spiro atoms. The molecule has 2 N–H and O–H groups in total. The van der Waals surface area contributed by atoms with Crippen LogP contribution in [0.5, 0.6) is 6.01 Å². The topological polar surface area (TPSA) is 125 Å². The van der Waals surface area contributed by atoms with Gasteiger partial charge in [-0.05, 0) is 36.5 Å². The van der Waals surface area contributed by atoms with Crippen molar-refractivity contribution in [1.82, 2.24) is 24.5 Å². The van der Waals surface area contributed by atoms with Crippen LogP contribution in [0.15, 0.2) is 42.9 Å². The summed E-state index contributed by atoms with van der Waals surface area (Å²) in [6.45, 7) is 1.56. The Morgan fingerprint density at radius 2 is 1.94 bits per heavy atom. The third-order valence-electron chi connectivity index (χ3n) is 6.08. The smallest absolute Gasteiger partial charge is 0.404 e. The van der Waals surface area contributed by atoms with E-state index in [1.807, 2.05) is 17.0 Å². The SMILES string of the molecule is NC(=O)OC1CCC2CN(C(=O)c3ccc(COc4ncnc5ccnn45)cc3)CC21. The number of benzene rings is 1. The summed E-state index contributed by atoms with van der Waals surface area (Å²) in [6.07, 6.45) is 3.87. The normalized spacial score (nSPS) is 22.5. The number of hydrogen-bond acceptors (Lipinski definition) is 7. The van der Waals surface area contributed by atoms with Crippen molar-refractivity contribution in [3.63, 3.8) is 0 Å². The van der Waals surface area contributed by atoms with Gasteiger partial charge in [0.05, 0.1) is 6.20 Å². The number of carbonyl (C=O) groups is 2. The number of primary amides is 1. The van der Waals surface area contributed by atoms with Crippen molar-refractivity contribution in [3.8, 4) is 6.01 Å². The highest BCUT2D eigenvalue weighted by Gasteiger charge is 2.45. The number of nitrogens with zero attached hydrogens (tertiary/aromatic N) is 5. The van der Waals surface area contributed by atoms with E-state index in [4.69, 9.17) is 15.2 Å². The summed E-state index contributed by atoms with van der Waals surface area (Å²) in [5, 5.41) is 4.14. The van der Waals surface area contributed by atoms with Crippen LogP contribution in [0.4, 0.5) is 4.79 Å². The zero-order valence-electron chi connectivity index (χ0n) is 16.8. The Morgan fingerprint density at radius 3 is 2.74 bits per heavy atom. The lowest BCUT2D eigenvalue weighted by Crippen LogP contribution is -2.33. The van der Waals surface area contributed by atoms with Crippen LogP contribution in [0.2, 0.25) is 0 Å². The van der Waals surface area contributed by atoms with Crippen molar-refractivity contribution >= 4 is 17.6 Å². The van der Waals surface area contributed by atoms with E-state index in [0.29, 0.717) is 42.8 Å². The van der Waals surface area contributed by atoms with E-state index in [1.165, 1.54) is 10.8 Å². The minimum absolute atomic E-state index is 0.0197. The van der Waals surface area contributed by atoms with Crippen molar-refractivity contribution in [2.75, 3.05) is 13.1 Å². The summed E-state index contributed by atoms with van der Waals surface area (Å²) < 4.78 is 12.5. The monoisotopic (exact) mass is 422 g/mol. The molecule has 0 bridgehead atoms. The lowest BCUT2D eigenvalue weighted by atomic mass is 9.99. The third-order valence-corrected chi connectivity index (χ3v) is 6.08. The Labute approximate surface area is 178 Å². The molecule has 2 fully saturated rings. The Kier molecular flexibility index (Phi) is 4.89. The van der Waals surface area contributed by atoms with Crippen LogP contribution < -0.4 is 10.5 Å². The first-order valence-electron chi connectivity index (χ1n) is 10.2. The lowest BCUT2D eigenvalue weighted by Gasteiger charge is -2.20. The second kappa shape index (κ2) is 7.86. The van der Waals surface area contributed by atoms with E-state index in [2.05, 4.69) is 15.1 Å². The van der Waals surface area contributed by atoms with Crippen LogP contribution in [0.1, 0.15) is 28.8 Å². The summed E-state index contributed by atoms with van der Waals surface area (Å²) in [7, 11) is 0. The van der Waals surface area contributed by atoms with Gasteiger partial charge in [-0.1, -0.05) is 12.1 Å². The molecular weight excluding hydrogens is 400 g/mol. The Morgan fingerprint density at radius 1 is 1.10 bits per heavy atom. The molecule has 31 heavy (non-hydrogen) atoms. The van der Waals surface area contributed by atoms with Gasteiger partial charge in [-0.2, -0.15) is 14.6 Å². The number of carbonyl (C=O) groups excluding carboxylic acids is 2. The molecule has 1 aromatic carbocycles. The predicted octanol–water partition coefficient (Wildman–Crippen LogP) is 1.65. The molecule has 2 aromatic heterocycles. The van der Waals surface area contributed by atoms with Gasteiger partial charge >= 0.3 is 12.1 Å². The summed E-state index contributed by atoms with van der Waals surface area (Å²) in [5.41, 5.74) is 7.36. The maximum atomic E-state index is 12.9. The molecule has 1 saturated carbocycles. The van der Waals surface area contributed by atoms with Crippen molar-refractivity contribution in [2.24, 2.45) is 17.6 Å². The minimum Gasteiger partial charge on any atom is -0.458 e. The molecule has 10 nitrogen and oxygen atoms in total. The first kappa shape index (κ1) is 19.3. The first-order chi connectivity index (χ1) is 15.1. The molecule has 2 aliphatic rings. The summed E-state index contributed by atoms with van der Waals surface area (Å²) in [6, 6.07) is 9.46. The van der Waals surface area contributed by atoms with E-state index < -0.39 is 6.09 Å². The Balaban J connectivity index is 1.21. The van der Waals surface area contributed by atoms with Crippen molar-refractivity contribution in [1.29, 1.82) is 0 Å². The van der Waals surface area contributed by atoms with Gasteiger partial charge in [0.2, 0.25) is 0 Å².